The summed E-state index contributed by atoms with van der Waals surface area (Å²) in [4.78, 5) is 12.9. The predicted molar refractivity (Wildman–Crippen MR) is 110 cm³/mol. The smallest absolute Gasteiger partial charge is 0.265 e. The number of anilines is 2. The summed E-state index contributed by atoms with van der Waals surface area (Å²) in [6.45, 7) is 1.95. The Balaban J connectivity index is 1.67. The number of amides is 1. The molecular weight excluding hydrogens is 356 g/mol. The molecule has 4 rings (SSSR count). The van der Waals surface area contributed by atoms with Gasteiger partial charge in [-0.05, 0) is 42.6 Å². The third kappa shape index (κ3) is 3.47. The molecule has 0 aliphatic carbocycles. The van der Waals surface area contributed by atoms with Crippen LogP contribution in [0.15, 0.2) is 72.1 Å². The van der Waals surface area contributed by atoms with Crippen molar-refractivity contribution in [3.05, 3.63) is 82.7 Å². The number of hydrogen-bond acceptors (Lipinski definition) is 4. The second-order valence-corrected chi connectivity index (χ2v) is 7.10. The van der Waals surface area contributed by atoms with Crippen molar-refractivity contribution < 1.29 is 4.79 Å². The highest BCUT2D eigenvalue weighted by atomic mass is 32.1. The van der Waals surface area contributed by atoms with Gasteiger partial charge in [0.2, 0.25) is 0 Å². The average Bonchev–Trinajstić information content (AvgIpc) is 3.32. The Morgan fingerprint density at radius 3 is 2.59 bits per heavy atom. The number of carbonyl (C=O) groups excluding carboxylic acids is 1. The van der Waals surface area contributed by atoms with Crippen LogP contribution < -0.4 is 11.1 Å². The lowest BCUT2D eigenvalue weighted by molar-refractivity contribution is 0.103. The van der Waals surface area contributed by atoms with Crippen molar-refractivity contribution in [1.29, 1.82) is 0 Å². The Morgan fingerprint density at radius 1 is 1.07 bits per heavy atom. The van der Waals surface area contributed by atoms with Gasteiger partial charge >= 0.3 is 0 Å². The van der Waals surface area contributed by atoms with E-state index in [9.17, 15) is 4.79 Å². The lowest BCUT2D eigenvalue weighted by atomic mass is 10.1. The molecular formula is C21H18N4OS. The minimum atomic E-state index is -0.142. The van der Waals surface area contributed by atoms with Crippen molar-refractivity contribution >= 4 is 28.6 Å². The third-order valence-corrected chi connectivity index (χ3v) is 5.03. The zero-order valence-corrected chi connectivity index (χ0v) is 15.5. The van der Waals surface area contributed by atoms with E-state index in [0.717, 1.165) is 22.6 Å². The lowest BCUT2D eigenvalue weighted by Gasteiger charge is -2.12. The maximum Gasteiger partial charge on any atom is 0.265 e. The molecule has 0 unspecified atom stereocenters. The van der Waals surface area contributed by atoms with E-state index in [2.05, 4.69) is 10.4 Å². The fourth-order valence-electron chi connectivity index (χ4n) is 2.92. The maximum atomic E-state index is 12.2. The fourth-order valence-corrected chi connectivity index (χ4v) is 3.54. The monoisotopic (exact) mass is 374 g/mol. The first-order valence-electron chi connectivity index (χ1n) is 8.48. The summed E-state index contributed by atoms with van der Waals surface area (Å²) in [5, 5.41) is 9.35. The second kappa shape index (κ2) is 7.09. The summed E-state index contributed by atoms with van der Waals surface area (Å²) >= 11 is 1.40. The van der Waals surface area contributed by atoms with E-state index in [0.29, 0.717) is 16.3 Å². The Morgan fingerprint density at radius 2 is 1.89 bits per heavy atom. The van der Waals surface area contributed by atoms with Crippen LogP contribution in [0.4, 0.5) is 11.4 Å². The highest BCUT2D eigenvalue weighted by Crippen LogP contribution is 2.28. The Bertz CT molecular complexity index is 1080. The predicted octanol–water partition coefficient (Wildman–Crippen LogP) is 4.74. The molecule has 0 atom stereocenters. The van der Waals surface area contributed by atoms with Gasteiger partial charge in [-0.3, -0.25) is 4.79 Å². The van der Waals surface area contributed by atoms with Crippen molar-refractivity contribution in [3.8, 4) is 16.9 Å². The molecule has 2 aromatic heterocycles. The summed E-state index contributed by atoms with van der Waals surface area (Å²) in [6, 6.07) is 21.2. The van der Waals surface area contributed by atoms with Crippen LogP contribution >= 0.6 is 11.3 Å². The van der Waals surface area contributed by atoms with Gasteiger partial charge in [0, 0.05) is 11.3 Å². The number of carbonyl (C=O) groups is 1. The molecule has 0 spiro atoms. The van der Waals surface area contributed by atoms with E-state index in [1.807, 2.05) is 71.6 Å². The largest absolute Gasteiger partial charge is 0.397 e. The van der Waals surface area contributed by atoms with Crippen molar-refractivity contribution in [1.82, 2.24) is 9.78 Å². The molecule has 134 valence electrons. The molecule has 27 heavy (non-hydrogen) atoms. The number of nitrogen functional groups attached to an aromatic ring is 1. The molecule has 1 amide bonds. The summed E-state index contributed by atoms with van der Waals surface area (Å²) in [7, 11) is 0. The van der Waals surface area contributed by atoms with Gasteiger partial charge in [0.1, 0.15) is 0 Å². The van der Waals surface area contributed by atoms with Crippen LogP contribution in [0.3, 0.4) is 0 Å². The highest BCUT2D eigenvalue weighted by Gasteiger charge is 2.13. The minimum absolute atomic E-state index is 0.142. The molecule has 0 aliphatic rings. The van der Waals surface area contributed by atoms with E-state index in [1.54, 1.807) is 12.1 Å². The summed E-state index contributed by atoms with van der Waals surface area (Å²) in [6.07, 6.45) is 0. The number of nitrogens with two attached hydrogens (primary N) is 1. The van der Waals surface area contributed by atoms with Crippen LogP contribution in [0.2, 0.25) is 0 Å². The first-order chi connectivity index (χ1) is 13.1. The molecule has 0 saturated carbocycles. The Hall–Kier alpha value is -3.38. The molecule has 3 N–H and O–H groups in total. The SMILES string of the molecule is Cc1cc(-c2ccccc2)n(-c2ccc(NC(=O)c3cccs3)cc2N)n1. The van der Waals surface area contributed by atoms with Gasteiger partial charge in [0.15, 0.2) is 0 Å². The van der Waals surface area contributed by atoms with Crippen molar-refractivity contribution in [2.45, 2.75) is 6.92 Å². The molecule has 0 bridgehead atoms. The normalized spacial score (nSPS) is 10.7. The van der Waals surface area contributed by atoms with E-state index < -0.39 is 0 Å². The van der Waals surface area contributed by atoms with Crippen LogP contribution in [0, 0.1) is 6.92 Å². The summed E-state index contributed by atoms with van der Waals surface area (Å²) in [5.41, 5.74) is 11.2. The number of aromatic nitrogens is 2. The van der Waals surface area contributed by atoms with Gasteiger partial charge in [-0.25, -0.2) is 4.68 Å². The molecule has 0 aliphatic heterocycles. The molecule has 0 saturated heterocycles. The number of hydrogen-bond donors (Lipinski definition) is 2. The zero-order chi connectivity index (χ0) is 18.8. The quantitative estimate of drug-likeness (QED) is 0.507. The van der Waals surface area contributed by atoms with Gasteiger partial charge in [-0.2, -0.15) is 5.10 Å². The Labute approximate surface area is 161 Å². The van der Waals surface area contributed by atoms with Gasteiger partial charge in [-0.1, -0.05) is 36.4 Å². The van der Waals surface area contributed by atoms with Gasteiger partial charge < -0.3 is 11.1 Å². The third-order valence-electron chi connectivity index (χ3n) is 4.16. The van der Waals surface area contributed by atoms with Crippen molar-refractivity contribution in [3.63, 3.8) is 0 Å². The van der Waals surface area contributed by atoms with Crippen molar-refractivity contribution in [2.24, 2.45) is 0 Å². The van der Waals surface area contributed by atoms with E-state index >= 15 is 0 Å². The number of rotatable bonds is 4. The van der Waals surface area contributed by atoms with Crippen LogP contribution in [-0.4, -0.2) is 15.7 Å². The molecule has 2 aromatic carbocycles. The number of thiophene rings is 1. The van der Waals surface area contributed by atoms with Gasteiger partial charge in [0.05, 0.1) is 27.6 Å². The van der Waals surface area contributed by atoms with Crippen LogP contribution in [0.25, 0.3) is 16.9 Å². The van der Waals surface area contributed by atoms with E-state index in [-0.39, 0.29) is 5.91 Å². The number of aryl methyl sites for hydroxylation is 1. The topological polar surface area (TPSA) is 72.9 Å². The van der Waals surface area contributed by atoms with Crippen LogP contribution in [0.1, 0.15) is 15.4 Å². The number of nitrogens with one attached hydrogen (secondary N) is 1. The average molecular weight is 374 g/mol. The highest BCUT2D eigenvalue weighted by molar-refractivity contribution is 7.12. The summed E-state index contributed by atoms with van der Waals surface area (Å²) in [5.74, 6) is -0.142. The molecule has 4 aromatic rings. The molecule has 0 fully saturated rings. The first-order valence-corrected chi connectivity index (χ1v) is 9.36. The van der Waals surface area contributed by atoms with E-state index in [1.165, 1.54) is 11.3 Å². The lowest BCUT2D eigenvalue weighted by Crippen LogP contribution is -2.11. The number of nitrogens with zero attached hydrogens (tertiary/aromatic N) is 2. The van der Waals surface area contributed by atoms with E-state index in [4.69, 9.17) is 5.73 Å². The summed E-state index contributed by atoms with van der Waals surface area (Å²) < 4.78 is 1.84. The van der Waals surface area contributed by atoms with Crippen LogP contribution in [0.5, 0.6) is 0 Å². The molecule has 0 radical (unpaired) electrons. The van der Waals surface area contributed by atoms with Gasteiger partial charge in [0.25, 0.3) is 5.91 Å². The molecule has 2 heterocycles. The number of benzene rings is 2. The second-order valence-electron chi connectivity index (χ2n) is 6.15. The minimum Gasteiger partial charge on any atom is -0.397 e. The standard InChI is InChI=1S/C21H18N4OS/c1-14-12-19(15-6-3-2-4-7-15)25(24-14)18-10-9-16(13-17(18)22)23-21(26)20-8-5-11-27-20/h2-13H,22H2,1H3,(H,23,26). The fraction of sp³-hybridized carbons (Fsp3) is 0.0476. The van der Waals surface area contributed by atoms with Gasteiger partial charge in [-0.15, -0.1) is 11.3 Å². The maximum absolute atomic E-state index is 12.2. The molecule has 6 heteroatoms. The van der Waals surface area contributed by atoms with Crippen molar-refractivity contribution in [2.75, 3.05) is 11.1 Å². The first kappa shape index (κ1) is 17.1. The zero-order valence-electron chi connectivity index (χ0n) is 14.7. The Kier molecular flexibility index (Phi) is 4.48. The molecule has 5 nitrogen and oxygen atoms in total. The van der Waals surface area contributed by atoms with Crippen LogP contribution in [-0.2, 0) is 0 Å².